The predicted octanol–water partition coefficient (Wildman–Crippen LogP) is 3.24. The molecule has 1 atom stereocenters. The average molecular weight is 460 g/mol. The van der Waals surface area contributed by atoms with Gasteiger partial charge in [0.15, 0.2) is 5.96 Å². The highest BCUT2D eigenvalue weighted by molar-refractivity contribution is 14.0. The predicted molar refractivity (Wildman–Crippen MR) is 116 cm³/mol. The van der Waals surface area contributed by atoms with Crippen LogP contribution in [0.5, 0.6) is 5.75 Å². The molecule has 25 heavy (non-hydrogen) atoms. The van der Waals surface area contributed by atoms with Crippen molar-refractivity contribution in [2.75, 3.05) is 33.3 Å². The van der Waals surface area contributed by atoms with Crippen LogP contribution in [0.1, 0.15) is 38.7 Å². The highest BCUT2D eigenvalue weighted by Gasteiger charge is 2.17. The highest BCUT2D eigenvalue weighted by atomic mass is 127. The average Bonchev–Trinajstić information content (AvgIpc) is 2.61. The Bertz CT molecular complexity index is 524. The van der Waals surface area contributed by atoms with Gasteiger partial charge in [-0.25, -0.2) is 0 Å². The van der Waals surface area contributed by atoms with E-state index in [1.54, 1.807) is 0 Å². The Morgan fingerprint density at radius 2 is 2.08 bits per heavy atom. The molecule has 1 aromatic rings. The third kappa shape index (κ3) is 7.40. The first kappa shape index (κ1) is 22.0. The van der Waals surface area contributed by atoms with Gasteiger partial charge in [-0.3, -0.25) is 9.89 Å². The molecule has 1 saturated heterocycles. The standard InChI is InChI=1S/C19H32N4O.HI/c1-4-24-18-11-6-5-10-17(18)15-22-19(20-3)21-12-14-23-13-8-7-9-16(23)2;/h5-6,10-11,16H,4,7-9,12-15H2,1-3H3,(H2,20,21,22);1H. The minimum Gasteiger partial charge on any atom is -0.494 e. The fraction of sp³-hybridized carbons (Fsp3) is 0.632. The molecule has 2 N–H and O–H groups in total. The molecule has 0 saturated carbocycles. The Hall–Kier alpha value is -1.02. The largest absolute Gasteiger partial charge is 0.494 e. The summed E-state index contributed by atoms with van der Waals surface area (Å²) in [5.41, 5.74) is 1.15. The number of nitrogens with zero attached hydrogens (tertiary/aromatic N) is 2. The quantitative estimate of drug-likeness (QED) is 0.373. The van der Waals surface area contributed by atoms with Gasteiger partial charge < -0.3 is 15.4 Å². The molecule has 0 bridgehead atoms. The smallest absolute Gasteiger partial charge is 0.191 e. The van der Waals surface area contributed by atoms with Gasteiger partial charge in [0.1, 0.15) is 5.75 Å². The summed E-state index contributed by atoms with van der Waals surface area (Å²) in [4.78, 5) is 6.88. The fourth-order valence-electron chi connectivity index (χ4n) is 3.15. The number of benzene rings is 1. The molecule has 5 nitrogen and oxygen atoms in total. The van der Waals surface area contributed by atoms with E-state index in [0.29, 0.717) is 19.2 Å². The van der Waals surface area contributed by atoms with Crippen LogP contribution in [0.2, 0.25) is 0 Å². The number of aliphatic imine (C=N–C) groups is 1. The number of guanidine groups is 1. The molecule has 0 amide bonds. The molecule has 1 unspecified atom stereocenters. The number of piperidine rings is 1. The van der Waals surface area contributed by atoms with Crippen LogP contribution in [0.3, 0.4) is 0 Å². The zero-order valence-corrected chi connectivity index (χ0v) is 18.1. The van der Waals surface area contributed by atoms with Crippen molar-refractivity contribution in [1.29, 1.82) is 0 Å². The van der Waals surface area contributed by atoms with Gasteiger partial charge in [0, 0.05) is 38.3 Å². The van der Waals surface area contributed by atoms with Crippen LogP contribution < -0.4 is 15.4 Å². The normalized spacial score (nSPS) is 18.4. The summed E-state index contributed by atoms with van der Waals surface area (Å²) in [6, 6.07) is 8.83. The lowest BCUT2D eigenvalue weighted by Gasteiger charge is -2.33. The summed E-state index contributed by atoms with van der Waals surface area (Å²) in [5.74, 6) is 1.77. The molecular weight excluding hydrogens is 427 g/mol. The van der Waals surface area contributed by atoms with E-state index in [9.17, 15) is 0 Å². The number of ether oxygens (including phenoxy) is 1. The fourth-order valence-corrected chi connectivity index (χ4v) is 3.15. The van der Waals surface area contributed by atoms with Gasteiger partial charge >= 0.3 is 0 Å². The van der Waals surface area contributed by atoms with Crippen molar-refractivity contribution in [3.8, 4) is 5.75 Å². The summed E-state index contributed by atoms with van der Waals surface area (Å²) in [6.07, 6.45) is 4.01. The van der Waals surface area contributed by atoms with Crippen LogP contribution >= 0.6 is 24.0 Å². The van der Waals surface area contributed by atoms with E-state index in [4.69, 9.17) is 4.74 Å². The zero-order chi connectivity index (χ0) is 17.2. The molecule has 6 heteroatoms. The van der Waals surface area contributed by atoms with E-state index >= 15 is 0 Å². The van der Waals surface area contributed by atoms with E-state index in [0.717, 1.165) is 30.4 Å². The van der Waals surface area contributed by atoms with Crippen LogP contribution in [0.25, 0.3) is 0 Å². The second-order valence-electron chi connectivity index (χ2n) is 6.27. The summed E-state index contributed by atoms with van der Waals surface area (Å²) in [5, 5.41) is 6.79. The number of halogens is 1. The maximum Gasteiger partial charge on any atom is 0.191 e. The first-order chi connectivity index (χ1) is 11.7. The minimum absolute atomic E-state index is 0. The van der Waals surface area contributed by atoms with Crippen LogP contribution in [0.15, 0.2) is 29.3 Å². The number of hydrogen-bond donors (Lipinski definition) is 2. The Balaban J connectivity index is 0.00000312. The van der Waals surface area contributed by atoms with Crippen LogP contribution in [0.4, 0.5) is 0 Å². The van der Waals surface area contributed by atoms with Gasteiger partial charge in [-0.15, -0.1) is 24.0 Å². The van der Waals surface area contributed by atoms with Crippen molar-refractivity contribution in [1.82, 2.24) is 15.5 Å². The summed E-state index contributed by atoms with van der Waals surface area (Å²) in [6.45, 7) is 8.92. The molecule has 1 aromatic carbocycles. The molecule has 1 aliphatic heterocycles. The first-order valence-corrected chi connectivity index (χ1v) is 9.13. The molecule has 0 aromatic heterocycles. The van der Waals surface area contributed by atoms with E-state index < -0.39 is 0 Å². The first-order valence-electron chi connectivity index (χ1n) is 9.13. The van der Waals surface area contributed by atoms with Gasteiger partial charge in [-0.2, -0.15) is 0 Å². The molecule has 1 aliphatic rings. The zero-order valence-electron chi connectivity index (χ0n) is 15.8. The number of rotatable bonds is 7. The Morgan fingerprint density at radius 1 is 1.28 bits per heavy atom. The van der Waals surface area contributed by atoms with E-state index in [-0.39, 0.29) is 24.0 Å². The van der Waals surface area contributed by atoms with Crippen LogP contribution in [-0.2, 0) is 6.54 Å². The lowest BCUT2D eigenvalue weighted by Crippen LogP contribution is -2.45. The van der Waals surface area contributed by atoms with Gasteiger partial charge in [0.2, 0.25) is 0 Å². The Labute approximate surface area is 169 Å². The Kier molecular flexibility index (Phi) is 10.9. The maximum absolute atomic E-state index is 5.67. The summed E-state index contributed by atoms with van der Waals surface area (Å²) in [7, 11) is 1.81. The van der Waals surface area contributed by atoms with Crippen LogP contribution in [-0.4, -0.2) is 50.2 Å². The molecule has 0 aliphatic carbocycles. The summed E-state index contributed by atoms with van der Waals surface area (Å²) < 4.78 is 5.67. The molecular formula is C19H33IN4O. The van der Waals surface area contributed by atoms with E-state index in [1.165, 1.54) is 25.8 Å². The van der Waals surface area contributed by atoms with E-state index in [2.05, 4.69) is 33.5 Å². The van der Waals surface area contributed by atoms with Crippen molar-refractivity contribution in [2.45, 2.75) is 45.7 Å². The lowest BCUT2D eigenvalue weighted by atomic mass is 10.0. The molecule has 142 valence electrons. The van der Waals surface area contributed by atoms with Crippen LogP contribution in [0, 0.1) is 0 Å². The van der Waals surface area contributed by atoms with Crippen molar-refractivity contribution in [3.05, 3.63) is 29.8 Å². The number of nitrogens with one attached hydrogen (secondary N) is 2. The maximum atomic E-state index is 5.67. The van der Waals surface area contributed by atoms with Crippen molar-refractivity contribution in [2.24, 2.45) is 4.99 Å². The molecule has 1 fully saturated rings. The van der Waals surface area contributed by atoms with Gasteiger partial charge in [-0.1, -0.05) is 24.6 Å². The van der Waals surface area contributed by atoms with Crippen molar-refractivity contribution < 1.29 is 4.74 Å². The Morgan fingerprint density at radius 3 is 2.80 bits per heavy atom. The SMILES string of the molecule is CCOc1ccccc1CNC(=NC)NCCN1CCCCC1C.I. The van der Waals surface area contributed by atoms with Gasteiger partial charge in [-0.05, 0) is 39.3 Å². The van der Waals surface area contributed by atoms with E-state index in [1.807, 2.05) is 32.2 Å². The number of para-hydroxylation sites is 1. The topological polar surface area (TPSA) is 48.9 Å². The van der Waals surface area contributed by atoms with Gasteiger partial charge in [0.05, 0.1) is 6.61 Å². The monoisotopic (exact) mass is 460 g/mol. The van der Waals surface area contributed by atoms with Gasteiger partial charge in [0.25, 0.3) is 0 Å². The third-order valence-electron chi connectivity index (χ3n) is 4.57. The second kappa shape index (κ2) is 12.4. The minimum atomic E-state index is 0. The summed E-state index contributed by atoms with van der Waals surface area (Å²) >= 11 is 0. The third-order valence-corrected chi connectivity index (χ3v) is 4.57. The number of hydrogen-bond acceptors (Lipinski definition) is 3. The highest BCUT2D eigenvalue weighted by Crippen LogP contribution is 2.17. The molecule has 2 rings (SSSR count). The van der Waals surface area contributed by atoms with Crippen molar-refractivity contribution >= 4 is 29.9 Å². The molecule has 0 radical (unpaired) electrons. The molecule has 0 spiro atoms. The number of likely N-dealkylation sites (tertiary alicyclic amines) is 1. The molecule has 1 heterocycles. The lowest BCUT2D eigenvalue weighted by molar-refractivity contribution is 0.163. The second-order valence-corrected chi connectivity index (χ2v) is 6.27. The van der Waals surface area contributed by atoms with Crippen molar-refractivity contribution in [3.63, 3.8) is 0 Å².